The smallest absolute Gasteiger partial charge is 0.164 e. The van der Waals surface area contributed by atoms with E-state index in [1.165, 1.54) is 22.3 Å². The zero-order chi connectivity index (χ0) is 16.4. The summed E-state index contributed by atoms with van der Waals surface area (Å²) in [6, 6.07) is 9.98. The first kappa shape index (κ1) is 15.7. The molecule has 0 amide bonds. The molecule has 23 heavy (non-hydrogen) atoms. The molecule has 122 valence electrons. The minimum atomic E-state index is 0.310. The highest BCUT2D eigenvalue weighted by molar-refractivity contribution is 5.55. The Labute approximate surface area is 137 Å². The van der Waals surface area contributed by atoms with Gasteiger partial charge in [0.25, 0.3) is 0 Å². The molecule has 2 aromatic carbocycles. The van der Waals surface area contributed by atoms with Crippen molar-refractivity contribution < 1.29 is 19.9 Å². The number of aromatic hydroxyl groups is 1. The van der Waals surface area contributed by atoms with Crippen LogP contribution in [0.5, 0.6) is 17.2 Å². The molecule has 0 aromatic heterocycles. The van der Waals surface area contributed by atoms with E-state index >= 15 is 0 Å². The maximum Gasteiger partial charge on any atom is 0.164 e. The highest BCUT2D eigenvalue weighted by Gasteiger charge is 2.28. The average Bonchev–Trinajstić information content (AvgIpc) is 2.56. The van der Waals surface area contributed by atoms with Gasteiger partial charge >= 0.3 is 0 Å². The Morgan fingerprint density at radius 3 is 2.57 bits per heavy atom. The molecule has 0 aliphatic carbocycles. The van der Waals surface area contributed by atoms with Crippen LogP contribution in [0.2, 0.25) is 0 Å². The van der Waals surface area contributed by atoms with E-state index in [-0.39, 0.29) is 0 Å². The molecule has 1 atom stereocenters. The summed E-state index contributed by atoms with van der Waals surface area (Å²) in [7, 11) is 3.38. The first-order chi connectivity index (χ1) is 11.1. The van der Waals surface area contributed by atoms with Gasteiger partial charge in [-0.1, -0.05) is 12.1 Å². The Balaban J connectivity index is 1.99. The Kier molecular flexibility index (Phi) is 4.44. The molecule has 0 saturated carbocycles. The normalized spacial score (nSPS) is 16.7. The van der Waals surface area contributed by atoms with Gasteiger partial charge in [0, 0.05) is 24.0 Å². The molecule has 3 rings (SSSR count). The van der Waals surface area contributed by atoms with E-state index in [9.17, 15) is 5.11 Å². The zero-order valence-electron chi connectivity index (χ0n) is 13.9. The highest BCUT2D eigenvalue weighted by Crippen LogP contribution is 2.39. The molecule has 4 heteroatoms. The predicted octanol–water partition coefficient (Wildman–Crippen LogP) is 2.12. The lowest BCUT2D eigenvalue weighted by molar-refractivity contribution is -0.698. The van der Waals surface area contributed by atoms with Crippen LogP contribution in [-0.4, -0.2) is 25.9 Å². The minimum absolute atomic E-state index is 0.310. The topological polar surface area (TPSA) is 55.3 Å². The van der Waals surface area contributed by atoms with Crippen molar-refractivity contribution in [2.24, 2.45) is 0 Å². The van der Waals surface area contributed by atoms with Crippen molar-refractivity contribution in [3.63, 3.8) is 0 Å². The van der Waals surface area contributed by atoms with Gasteiger partial charge in [0.05, 0.1) is 20.8 Å². The molecule has 4 nitrogen and oxygen atoms in total. The van der Waals surface area contributed by atoms with Crippen LogP contribution in [-0.2, 0) is 12.8 Å². The molecule has 0 radical (unpaired) electrons. The summed E-state index contributed by atoms with van der Waals surface area (Å²) in [4.78, 5) is 0. The molecule has 0 unspecified atom stereocenters. The standard InChI is InChI=1S/C19H23NO3/c1-12-18-14(11-17(22-2)19(12)23-3)8-9-20-16(18)10-13-4-6-15(21)7-5-13/h4-7,11,16,20-21H,8-10H2,1-3H3/p+1/t16-/m0/s1. The van der Waals surface area contributed by atoms with Crippen molar-refractivity contribution in [3.8, 4) is 17.2 Å². The Morgan fingerprint density at radius 2 is 1.91 bits per heavy atom. The lowest BCUT2D eigenvalue weighted by Gasteiger charge is -2.28. The summed E-state index contributed by atoms with van der Waals surface area (Å²) in [5.41, 5.74) is 5.11. The van der Waals surface area contributed by atoms with Crippen molar-refractivity contribution in [1.29, 1.82) is 0 Å². The second-order valence-corrected chi connectivity index (χ2v) is 6.06. The number of ether oxygens (including phenoxy) is 2. The lowest BCUT2D eigenvalue weighted by Crippen LogP contribution is -2.87. The third kappa shape index (κ3) is 2.99. The van der Waals surface area contributed by atoms with Gasteiger partial charge in [-0.15, -0.1) is 0 Å². The second kappa shape index (κ2) is 6.50. The van der Waals surface area contributed by atoms with Crippen molar-refractivity contribution in [2.75, 3.05) is 20.8 Å². The highest BCUT2D eigenvalue weighted by atomic mass is 16.5. The molecular formula is C19H24NO3+. The fraction of sp³-hybridized carbons (Fsp3) is 0.368. The van der Waals surface area contributed by atoms with Gasteiger partial charge in [-0.3, -0.25) is 0 Å². The van der Waals surface area contributed by atoms with Crippen LogP contribution in [0, 0.1) is 6.92 Å². The number of nitrogens with two attached hydrogens (primary N) is 1. The Hall–Kier alpha value is -2.20. The van der Waals surface area contributed by atoms with Crippen molar-refractivity contribution in [1.82, 2.24) is 0 Å². The number of phenolic OH excluding ortho intramolecular Hbond substituents is 1. The molecule has 0 fully saturated rings. The predicted molar refractivity (Wildman–Crippen MR) is 89.3 cm³/mol. The quantitative estimate of drug-likeness (QED) is 0.909. The summed E-state index contributed by atoms with van der Waals surface area (Å²) < 4.78 is 11.1. The summed E-state index contributed by atoms with van der Waals surface area (Å²) >= 11 is 0. The van der Waals surface area contributed by atoms with Crippen LogP contribution in [0.4, 0.5) is 0 Å². The van der Waals surface area contributed by atoms with Gasteiger partial charge in [-0.2, -0.15) is 0 Å². The monoisotopic (exact) mass is 314 g/mol. The minimum Gasteiger partial charge on any atom is -0.508 e. The van der Waals surface area contributed by atoms with Gasteiger partial charge in [0.1, 0.15) is 11.8 Å². The summed E-state index contributed by atoms with van der Waals surface area (Å²) in [6.07, 6.45) is 1.98. The third-order valence-electron chi connectivity index (χ3n) is 4.67. The zero-order valence-corrected chi connectivity index (χ0v) is 13.9. The van der Waals surface area contributed by atoms with E-state index in [2.05, 4.69) is 18.3 Å². The van der Waals surface area contributed by atoms with E-state index in [4.69, 9.17) is 9.47 Å². The van der Waals surface area contributed by atoms with Crippen LogP contribution in [0.15, 0.2) is 30.3 Å². The lowest BCUT2D eigenvalue weighted by atomic mass is 9.86. The first-order valence-corrected chi connectivity index (χ1v) is 7.99. The SMILES string of the molecule is COc1cc2c(c(C)c1OC)[C@H](Cc1ccc(O)cc1)[NH2+]CC2. The van der Waals surface area contributed by atoms with Crippen molar-refractivity contribution >= 4 is 0 Å². The van der Waals surface area contributed by atoms with E-state index in [1.807, 2.05) is 12.1 Å². The molecule has 1 aliphatic rings. The number of methoxy groups -OCH3 is 2. The second-order valence-electron chi connectivity index (χ2n) is 6.06. The molecule has 0 spiro atoms. The van der Waals surface area contributed by atoms with Gasteiger partial charge in [-0.25, -0.2) is 0 Å². The fourth-order valence-corrected chi connectivity index (χ4v) is 3.61. The van der Waals surface area contributed by atoms with Gasteiger partial charge < -0.3 is 19.9 Å². The summed E-state index contributed by atoms with van der Waals surface area (Å²) in [5.74, 6) is 1.95. The first-order valence-electron chi connectivity index (χ1n) is 7.99. The molecule has 0 bridgehead atoms. The van der Waals surface area contributed by atoms with Crippen LogP contribution in [0.1, 0.15) is 28.3 Å². The van der Waals surface area contributed by atoms with E-state index in [0.29, 0.717) is 11.8 Å². The maximum atomic E-state index is 9.45. The van der Waals surface area contributed by atoms with E-state index in [1.54, 1.807) is 26.4 Å². The molecule has 0 saturated heterocycles. The summed E-state index contributed by atoms with van der Waals surface area (Å²) in [6.45, 7) is 3.19. The number of hydrogen-bond acceptors (Lipinski definition) is 3. The Bertz CT molecular complexity index is 695. The average molecular weight is 314 g/mol. The number of rotatable bonds is 4. The van der Waals surface area contributed by atoms with Gasteiger partial charge in [-0.05, 0) is 36.2 Å². The van der Waals surface area contributed by atoms with Gasteiger partial charge in [0.2, 0.25) is 0 Å². The Morgan fingerprint density at radius 1 is 1.17 bits per heavy atom. The number of phenols is 1. The van der Waals surface area contributed by atoms with Gasteiger partial charge in [0.15, 0.2) is 11.5 Å². The molecule has 1 heterocycles. The number of hydrogen-bond donors (Lipinski definition) is 2. The fourth-order valence-electron chi connectivity index (χ4n) is 3.61. The third-order valence-corrected chi connectivity index (χ3v) is 4.67. The maximum absolute atomic E-state index is 9.45. The molecule has 2 aromatic rings. The van der Waals surface area contributed by atoms with E-state index < -0.39 is 0 Å². The van der Waals surface area contributed by atoms with Crippen molar-refractivity contribution in [2.45, 2.75) is 25.8 Å². The molecular weight excluding hydrogens is 290 g/mol. The van der Waals surface area contributed by atoms with Crippen LogP contribution >= 0.6 is 0 Å². The number of benzene rings is 2. The molecule has 1 aliphatic heterocycles. The molecule has 3 N–H and O–H groups in total. The van der Waals surface area contributed by atoms with Crippen LogP contribution in [0.25, 0.3) is 0 Å². The van der Waals surface area contributed by atoms with Crippen molar-refractivity contribution in [3.05, 3.63) is 52.6 Å². The largest absolute Gasteiger partial charge is 0.508 e. The number of quaternary nitrogens is 1. The summed E-state index contributed by atoms with van der Waals surface area (Å²) in [5, 5.41) is 11.8. The van der Waals surface area contributed by atoms with Crippen LogP contribution in [0.3, 0.4) is 0 Å². The van der Waals surface area contributed by atoms with E-state index in [0.717, 1.165) is 30.9 Å². The number of fused-ring (bicyclic) bond motifs is 1. The van der Waals surface area contributed by atoms with Crippen LogP contribution < -0.4 is 14.8 Å².